The Morgan fingerprint density at radius 2 is 1.00 bits per heavy atom. The van der Waals surface area contributed by atoms with Crippen molar-refractivity contribution < 1.29 is 0 Å². The SMILES string of the molecule is Cl[Si]1(Cl)C[Si](Cl)(Cl)C1. The van der Waals surface area contributed by atoms with Crippen LogP contribution in [0.2, 0.25) is 11.3 Å². The zero-order valence-electron chi connectivity index (χ0n) is 3.93. The molecule has 1 fully saturated rings. The lowest BCUT2D eigenvalue weighted by atomic mass is 11.8. The Morgan fingerprint density at radius 1 is 0.750 bits per heavy atom. The molecule has 0 spiro atoms. The van der Waals surface area contributed by atoms with Gasteiger partial charge in [0.2, 0.25) is 0 Å². The molecule has 1 heterocycles. The lowest BCUT2D eigenvalue weighted by molar-refractivity contribution is 1.61. The first kappa shape index (κ1) is 7.70. The van der Waals surface area contributed by atoms with E-state index in [9.17, 15) is 0 Å². The Kier molecular flexibility index (Phi) is 1.96. The van der Waals surface area contributed by atoms with Crippen LogP contribution in [0.4, 0.5) is 0 Å². The summed E-state index contributed by atoms with van der Waals surface area (Å²) in [6.07, 6.45) is 0. The monoisotopic (exact) mass is 224 g/mol. The fourth-order valence-corrected chi connectivity index (χ4v) is 27.7. The fourth-order valence-electron chi connectivity index (χ4n) is 0.705. The highest BCUT2D eigenvalue weighted by Crippen LogP contribution is 2.49. The fraction of sp³-hybridized carbons (Fsp3) is 1.00. The lowest BCUT2D eigenvalue weighted by Gasteiger charge is -2.36. The van der Waals surface area contributed by atoms with Crippen molar-refractivity contribution in [3.05, 3.63) is 0 Å². The summed E-state index contributed by atoms with van der Waals surface area (Å²) >= 11 is 23.0. The maximum atomic E-state index is 5.76. The van der Waals surface area contributed by atoms with Gasteiger partial charge < -0.3 is 0 Å². The topological polar surface area (TPSA) is 0 Å². The third kappa shape index (κ3) is 1.79. The molecule has 6 heteroatoms. The Bertz CT molecular complexity index is 88.6. The van der Waals surface area contributed by atoms with Crippen LogP contribution in [-0.2, 0) is 0 Å². The molecule has 0 saturated carbocycles. The van der Waals surface area contributed by atoms with E-state index in [-0.39, 0.29) is 0 Å². The van der Waals surface area contributed by atoms with Gasteiger partial charge in [0.15, 0.2) is 0 Å². The maximum Gasteiger partial charge on any atom is 0.250 e. The molecule has 0 aromatic heterocycles. The van der Waals surface area contributed by atoms with Crippen molar-refractivity contribution in [2.75, 3.05) is 0 Å². The van der Waals surface area contributed by atoms with Gasteiger partial charge in [0, 0.05) is 0 Å². The van der Waals surface area contributed by atoms with Gasteiger partial charge in [-0.2, -0.15) is 0 Å². The van der Waals surface area contributed by atoms with Crippen LogP contribution in [-0.4, -0.2) is 13.4 Å². The van der Waals surface area contributed by atoms with Crippen molar-refractivity contribution in [2.45, 2.75) is 11.3 Å². The predicted molar refractivity (Wildman–Crippen MR) is 44.5 cm³/mol. The molecule has 0 unspecified atom stereocenters. The first-order chi connectivity index (χ1) is 3.41. The minimum atomic E-state index is -1.84. The zero-order valence-corrected chi connectivity index (χ0v) is 8.95. The summed E-state index contributed by atoms with van der Waals surface area (Å²) in [4.78, 5) is 0. The molecule has 0 bridgehead atoms. The van der Waals surface area contributed by atoms with E-state index in [1.54, 1.807) is 0 Å². The van der Waals surface area contributed by atoms with Gasteiger partial charge in [-0.1, -0.05) is 0 Å². The molecule has 1 saturated heterocycles. The van der Waals surface area contributed by atoms with E-state index in [1.165, 1.54) is 0 Å². The van der Waals surface area contributed by atoms with Crippen LogP contribution in [0.25, 0.3) is 0 Å². The van der Waals surface area contributed by atoms with Crippen LogP contribution >= 0.6 is 44.3 Å². The van der Waals surface area contributed by atoms with Crippen LogP contribution in [0, 0.1) is 0 Å². The molecule has 0 amide bonds. The molecule has 1 aliphatic rings. The highest BCUT2D eigenvalue weighted by Gasteiger charge is 2.56. The summed E-state index contributed by atoms with van der Waals surface area (Å²) in [6.45, 7) is -3.69. The molecule has 8 heavy (non-hydrogen) atoms. The highest BCUT2D eigenvalue weighted by atomic mass is 35.7. The van der Waals surface area contributed by atoms with Crippen LogP contribution in [0.15, 0.2) is 0 Å². The smallest absolute Gasteiger partial charge is 0.146 e. The number of rotatable bonds is 0. The van der Waals surface area contributed by atoms with E-state index < -0.39 is 13.4 Å². The van der Waals surface area contributed by atoms with Crippen LogP contribution in [0.1, 0.15) is 0 Å². The molecular formula is C2H4Cl4Si2. The average Bonchev–Trinajstić information content (AvgIpc) is 1.20. The van der Waals surface area contributed by atoms with Crippen molar-refractivity contribution in [2.24, 2.45) is 0 Å². The molecule has 0 nitrogen and oxygen atoms in total. The van der Waals surface area contributed by atoms with E-state index in [1.807, 2.05) is 0 Å². The molecule has 0 aromatic carbocycles. The van der Waals surface area contributed by atoms with Crippen LogP contribution in [0.5, 0.6) is 0 Å². The average molecular weight is 226 g/mol. The van der Waals surface area contributed by atoms with Gasteiger partial charge in [-0.15, -0.1) is 44.3 Å². The van der Waals surface area contributed by atoms with Crippen molar-refractivity contribution >= 4 is 57.7 Å². The maximum absolute atomic E-state index is 5.76. The molecule has 1 rings (SSSR count). The van der Waals surface area contributed by atoms with Crippen LogP contribution in [0.3, 0.4) is 0 Å². The number of hydrogen-bond acceptors (Lipinski definition) is 0. The number of hydrogen-bond donors (Lipinski definition) is 0. The van der Waals surface area contributed by atoms with Crippen molar-refractivity contribution in [1.29, 1.82) is 0 Å². The van der Waals surface area contributed by atoms with Gasteiger partial charge in [-0.3, -0.25) is 0 Å². The molecule has 1 aliphatic heterocycles. The molecule has 0 N–H and O–H groups in total. The molecule has 0 radical (unpaired) electrons. The van der Waals surface area contributed by atoms with Gasteiger partial charge >= 0.3 is 0 Å². The molecule has 0 aromatic rings. The van der Waals surface area contributed by atoms with E-state index in [0.717, 1.165) is 11.3 Å². The number of halogens is 4. The van der Waals surface area contributed by atoms with E-state index in [2.05, 4.69) is 0 Å². The van der Waals surface area contributed by atoms with Crippen molar-refractivity contribution in [3.63, 3.8) is 0 Å². The second-order valence-electron chi connectivity index (χ2n) is 2.07. The second-order valence-corrected chi connectivity index (χ2v) is 18.2. The van der Waals surface area contributed by atoms with Crippen LogP contribution < -0.4 is 0 Å². The Hall–Kier alpha value is 1.59. The first-order valence-corrected chi connectivity index (χ1v) is 11.0. The van der Waals surface area contributed by atoms with Gasteiger partial charge in [-0.25, -0.2) is 0 Å². The van der Waals surface area contributed by atoms with E-state index in [0.29, 0.717) is 0 Å². The van der Waals surface area contributed by atoms with Gasteiger partial charge in [0.25, 0.3) is 13.4 Å². The molecule has 0 aliphatic carbocycles. The minimum absolute atomic E-state index is 0.742. The normalized spacial score (nSPS) is 31.5. The summed E-state index contributed by atoms with van der Waals surface area (Å²) in [7, 11) is 0. The Morgan fingerprint density at radius 3 is 1.00 bits per heavy atom. The Labute approximate surface area is 68.9 Å². The Balaban J connectivity index is 2.42. The first-order valence-electron chi connectivity index (χ1n) is 2.17. The third-order valence-electron chi connectivity index (χ3n) is 1.03. The molecular weight excluding hydrogens is 222 g/mol. The minimum Gasteiger partial charge on any atom is -0.146 e. The standard InChI is InChI=1S/C2H4Cl4Si2/c3-7(4)1-8(5,6)2-7/h1-2H2. The molecule has 0 atom stereocenters. The third-order valence-corrected chi connectivity index (χ3v) is 18.9. The van der Waals surface area contributed by atoms with Crippen molar-refractivity contribution in [1.82, 2.24) is 0 Å². The summed E-state index contributed by atoms with van der Waals surface area (Å²) in [5.41, 5.74) is 1.48. The van der Waals surface area contributed by atoms with Gasteiger partial charge in [0.1, 0.15) is 0 Å². The largest absolute Gasteiger partial charge is 0.250 e. The summed E-state index contributed by atoms with van der Waals surface area (Å²) in [6, 6.07) is 0. The lowest BCUT2D eigenvalue weighted by Crippen LogP contribution is -2.49. The highest BCUT2D eigenvalue weighted by molar-refractivity contribution is 7.67. The second kappa shape index (κ2) is 2.04. The quantitative estimate of drug-likeness (QED) is 0.440. The summed E-state index contributed by atoms with van der Waals surface area (Å²) < 4.78 is 0. The van der Waals surface area contributed by atoms with E-state index in [4.69, 9.17) is 44.3 Å². The summed E-state index contributed by atoms with van der Waals surface area (Å²) in [5.74, 6) is 0. The predicted octanol–water partition coefficient (Wildman–Crippen LogP) is 2.92. The van der Waals surface area contributed by atoms with Gasteiger partial charge in [-0.05, 0) is 11.3 Å². The van der Waals surface area contributed by atoms with Gasteiger partial charge in [0.05, 0.1) is 0 Å². The summed E-state index contributed by atoms with van der Waals surface area (Å²) in [5, 5.41) is 0. The molecule has 48 valence electrons. The zero-order chi connectivity index (χ0) is 6.41. The van der Waals surface area contributed by atoms with Crippen molar-refractivity contribution in [3.8, 4) is 0 Å². The van der Waals surface area contributed by atoms with E-state index >= 15 is 0 Å².